The monoisotopic (exact) mass is 350 g/mol. The number of benzene rings is 2. The van der Waals surface area contributed by atoms with Crippen molar-refractivity contribution >= 4 is 17.5 Å². The zero-order valence-corrected chi connectivity index (χ0v) is 13.5. The van der Waals surface area contributed by atoms with Crippen LogP contribution in [0.25, 0.3) is 0 Å². The molecule has 0 aliphatic rings. The summed E-state index contributed by atoms with van der Waals surface area (Å²) in [5, 5.41) is 4.53. The van der Waals surface area contributed by atoms with Gasteiger partial charge in [0.15, 0.2) is 0 Å². The van der Waals surface area contributed by atoms with E-state index < -0.39 is 18.6 Å². The molecule has 0 bridgehead atoms. The molecule has 0 saturated heterocycles. The number of hydrogen-bond acceptors (Lipinski definition) is 2. The Morgan fingerprint density at radius 3 is 2.12 bits per heavy atom. The minimum Gasteiger partial charge on any atom is -0.347 e. The van der Waals surface area contributed by atoms with E-state index in [2.05, 4.69) is 5.32 Å². The van der Waals surface area contributed by atoms with Crippen LogP contribution in [0.3, 0.4) is 0 Å². The molecule has 0 radical (unpaired) electrons. The van der Waals surface area contributed by atoms with Crippen LogP contribution in [-0.4, -0.2) is 24.5 Å². The third-order valence-electron chi connectivity index (χ3n) is 3.38. The molecule has 2 aromatic rings. The SMILES string of the molecule is Cc1ccc(C(=O)Nc2ccc(CC(=O)NCC(F)(F)F)cc2)cc1. The fourth-order valence-corrected chi connectivity index (χ4v) is 2.06. The molecular weight excluding hydrogens is 333 g/mol. The van der Waals surface area contributed by atoms with Gasteiger partial charge in [0.1, 0.15) is 6.54 Å². The van der Waals surface area contributed by atoms with Crippen molar-refractivity contribution in [2.24, 2.45) is 0 Å². The van der Waals surface area contributed by atoms with Crippen molar-refractivity contribution in [3.8, 4) is 0 Å². The smallest absolute Gasteiger partial charge is 0.347 e. The van der Waals surface area contributed by atoms with Gasteiger partial charge in [0, 0.05) is 11.3 Å². The Morgan fingerprint density at radius 1 is 0.960 bits per heavy atom. The third kappa shape index (κ3) is 6.29. The molecule has 0 heterocycles. The van der Waals surface area contributed by atoms with E-state index in [4.69, 9.17) is 0 Å². The van der Waals surface area contributed by atoms with Crippen LogP contribution in [0.15, 0.2) is 48.5 Å². The van der Waals surface area contributed by atoms with E-state index >= 15 is 0 Å². The van der Waals surface area contributed by atoms with Gasteiger partial charge >= 0.3 is 6.18 Å². The Kier molecular flexibility index (Phi) is 5.80. The van der Waals surface area contributed by atoms with Gasteiger partial charge < -0.3 is 10.6 Å². The van der Waals surface area contributed by atoms with Crippen LogP contribution in [0.2, 0.25) is 0 Å². The number of alkyl halides is 3. The lowest BCUT2D eigenvalue weighted by Crippen LogP contribution is -2.34. The molecule has 0 aliphatic carbocycles. The molecule has 2 rings (SSSR count). The van der Waals surface area contributed by atoms with Gasteiger partial charge in [-0.25, -0.2) is 0 Å². The highest BCUT2D eigenvalue weighted by molar-refractivity contribution is 6.04. The first kappa shape index (κ1) is 18.5. The van der Waals surface area contributed by atoms with Gasteiger partial charge in [0.25, 0.3) is 5.91 Å². The first-order chi connectivity index (χ1) is 11.7. The van der Waals surface area contributed by atoms with Crippen LogP contribution < -0.4 is 10.6 Å². The highest BCUT2D eigenvalue weighted by Gasteiger charge is 2.27. The molecule has 2 amide bonds. The molecule has 0 unspecified atom stereocenters. The number of rotatable bonds is 5. The maximum Gasteiger partial charge on any atom is 0.405 e. The maximum absolute atomic E-state index is 12.1. The van der Waals surface area contributed by atoms with Crippen molar-refractivity contribution in [1.82, 2.24) is 5.32 Å². The second-order valence-electron chi connectivity index (χ2n) is 5.59. The maximum atomic E-state index is 12.1. The third-order valence-corrected chi connectivity index (χ3v) is 3.38. The average Bonchev–Trinajstić information content (AvgIpc) is 2.55. The lowest BCUT2D eigenvalue weighted by Gasteiger charge is -2.09. The van der Waals surface area contributed by atoms with Crippen LogP contribution in [0, 0.1) is 6.92 Å². The predicted molar refractivity (Wildman–Crippen MR) is 88.3 cm³/mol. The number of anilines is 1. The molecule has 0 aromatic heterocycles. The van der Waals surface area contributed by atoms with Crippen LogP contribution in [-0.2, 0) is 11.2 Å². The Hall–Kier alpha value is -2.83. The zero-order chi connectivity index (χ0) is 18.4. The van der Waals surface area contributed by atoms with Gasteiger partial charge in [-0.05, 0) is 36.8 Å². The average molecular weight is 350 g/mol. The van der Waals surface area contributed by atoms with Crippen molar-refractivity contribution in [3.63, 3.8) is 0 Å². The normalized spacial score (nSPS) is 11.0. The molecule has 2 aromatic carbocycles. The summed E-state index contributed by atoms with van der Waals surface area (Å²) in [7, 11) is 0. The highest BCUT2D eigenvalue weighted by atomic mass is 19.4. The number of hydrogen-bond donors (Lipinski definition) is 2. The van der Waals surface area contributed by atoms with Gasteiger partial charge in [-0.15, -0.1) is 0 Å². The fraction of sp³-hybridized carbons (Fsp3) is 0.222. The van der Waals surface area contributed by atoms with Crippen molar-refractivity contribution in [3.05, 3.63) is 65.2 Å². The quantitative estimate of drug-likeness (QED) is 0.868. The Morgan fingerprint density at radius 2 is 1.56 bits per heavy atom. The summed E-state index contributed by atoms with van der Waals surface area (Å²) in [5.41, 5.74) is 2.64. The second kappa shape index (κ2) is 7.83. The van der Waals surface area contributed by atoms with Crippen molar-refractivity contribution in [2.45, 2.75) is 19.5 Å². The lowest BCUT2D eigenvalue weighted by molar-refractivity contribution is -0.138. The molecule has 4 nitrogen and oxygen atoms in total. The zero-order valence-electron chi connectivity index (χ0n) is 13.5. The Balaban J connectivity index is 1.90. The topological polar surface area (TPSA) is 58.2 Å². The Bertz CT molecular complexity index is 738. The number of aryl methyl sites for hydroxylation is 1. The van der Waals surface area contributed by atoms with Crippen LogP contribution in [0.5, 0.6) is 0 Å². The molecule has 132 valence electrons. The molecule has 2 N–H and O–H groups in total. The number of amides is 2. The van der Waals surface area contributed by atoms with Crippen LogP contribution in [0.1, 0.15) is 21.5 Å². The van der Waals surface area contributed by atoms with Crippen molar-refractivity contribution < 1.29 is 22.8 Å². The van der Waals surface area contributed by atoms with Gasteiger partial charge in [-0.2, -0.15) is 13.2 Å². The largest absolute Gasteiger partial charge is 0.405 e. The van der Waals surface area contributed by atoms with E-state index in [1.165, 1.54) is 0 Å². The number of nitrogens with one attached hydrogen (secondary N) is 2. The van der Waals surface area contributed by atoms with E-state index in [1.54, 1.807) is 36.4 Å². The molecule has 0 aliphatic heterocycles. The number of carbonyl (C=O) groups is 2. The summed E-state index contributed by atoms with van der Waals surface area (Å²) in [5.74, 6) is -0.982. The van der Waals surface area contributed by atoms with Gasteiger partial charge in [0.05, 0.1) is 6.42 Å². The van der Waals surface area contributed by atoms with Crippen molar-refractivity contribution in [1.29, 1.82) is 0 Å². The molecule has 7 heteroatoms. The molecule has 0 saturated carbocycles. The molecule has 0 fully saturated rings. The van der Waals surface area contributed by atoms with Crippen LogP contribution >= 0.6 is 0 Å². The summed E-state index contributed by atoms with van der Waals surface area (Å²) < 4.78 is 36.1. The molecular formula is C18H17F3N2O2. The highest BCUT2D eigenvalue weighted by Crippen LogP contribution is 2.14. The van der Waals surface area contributed by atoms with E-state index in [0.29, 0.717) is 16.8 Å². The second-order valence-corrected chi connectivity index (χ2v) is 5.59. The van der Waals surface area contributed by atoms with E-state index in [9.17, 15) is 22.8 Å². The standard InChI is InChI=1S/C18H17F3N2O2/c1-12-2-6-14(7-3-12)17(25)23-15-8-4-13(5-9-15)10-16(24)22-11-18(19,20)21/h2-9H,10-11H2,1H3,(H,22,24)(H,23,25). The lowest BCUT2D eigenvalue weighted by atomic mass is 10.1. The fourth-order valence-electron chi connectivity index (χ4n) is 2.06. The summed E-state index contributed by atoms with van der Waals surface area (Å²) in [6.45, 7) is 0.571. The first-order valence-electron chi connectivity index (χ1n) is 7.53. The molecule has 0 spiro atoms. The first-order valence-corrected chi connectivity index (χ1v) is 7.53. The van der Waals surface area contributed by atoms with Gasteiger partial charge in [-0.3, -0.25) is 9.59 Å². The summed E-state index contributed by atoms with van der Waals surface area (Å²) >= 11 is 0. The molecule has 0 atom stereocenters. The minimum absolute atomic E-state index is 0.164. The number of carbonyl (C=O) groups excluding carboxylic acids is 2. The van der Waals surface area contributed by atoms with E-state index in [0.717, 1.165) is 5.56 Å². The number of halogens is 3. The van der Waals surface area contributed by atoms with Crippen molar-refractivity contribution in [2.75, 3.05) is 11.9 Å². The van der Waals surface area contributed by atoms with E-state index in [1.807, 2.05) is 24.4 Å². The molecule has 25 heavy (non-hydrogen) atoms. The Labute approximate surface area is 143 Å². The van der Waals surface area contributed by atoms with E-state index in [-0.39, 0.29) is 12.3 Å². The van der Waals surface area contributed by atoms with Gasteiger partial charge in [0.2, 0.25) is 5.91 Å². The van der Waals surface area contributed by atoms with Gasteiger partial charge in [-0.1, -0.05) is 29.8 Å². The van der Waals surface area contributed by atoms with Crippen LogP contribution in [0.4, 0.5) is 18.9 Å². The predicted octanol–water partition coefficient (Wildman–Crippen LogP) is 3.47. The summed E-state index contributed by atoms with van der Waals surface area (Å²) in [6, 6.07) is 13.4. The summed E-state index contributed by atoms with van der Waals surface area (Å²) in [4.78, 5) is 23.5. The summed E-state index contributed by atoms with van der Waals surface area (Å²) in [6.07, 6.45) is -4.60. The minimum atomic E-state index is -4.43.